The largest absolute Gasteiger partial charge is 0.454 e. The maximum Gasteiger partial charge on any atom is 0.269 e. The van der Waals surface area contributed by atoms with Crippen LogP contribution in [0.1, 0.15) is 5.56 Å². The Balaban J connectivity index is 1.29. The van der Waals surface area contributed by atoms with E-state index in [1.807, 2.05) is 48.0 Å². The molecule has 0 atom stereocenters. The van der Waals surface area contributed by atoms with Gasteiger partial charge in [-0.1, -0.05) is 18.2 Å². The molecule has 0 radical (unpaired) electrons. The van der Waals surface area contributed by atoms with Crippen LogP contribution >= 0.6 is 11.3 Å². The number of nitro groups is 1. The highest BCUT2D eigenvalue weighted by atomic mass is 32.1. The number of benzene rings is 2. The van der Waals surface area contributed by atoms with E-state index in [0.29, 0.717) is 22.3 Å². The summed E-state index contributed by atoms with van der Waals surface area (Å²) in [4.78, 5) is 18.1. The number of hydrogen-bond acceptors (Lipinski definition) is 7. The van der Waals surface area contributed by atoms with Crippen LogP contribution in [0.25, 0.3) is 33.7 Å². The minimum Gasteiger partial charge on any atom is -0.454 e. The molecular formula is C22H15N5O3S. The Kier molecular flexibility index (Phi) is 4.77. The molecule has 0 aliphatic rings. The number of hydrogen-bond donors (Lipinski definition) is 2. The van der Waals surface area contributed by atoms with Gasteiger partial charge in [-0.2, -0.15) is 5.10 Å². The van der Waals surface area contributed by atoms with Crippen LogP contribution < -0.4 is 5.43 Å². The first-order valence-electron chi connectivity index (χ1n) is 9.33. The third kappa shape index (κ3) is 3.81. The van der Waals surface area contributed by atoms with Crippen molar-refractivity contribution < 1.29 is 9.34 Å². The quantitative estimate of drug-likeness (QED) is 0.198. The highest BCUT2D eigenvalue weighted by Crippen LogP contribution is 2.31. The van der Waals surface area contributed by atoms with E-state index < -0.39 is 4.92 Å². The fourth-order valence-electron chi connectivity index (χ4n) is 3.17. The van der Waals surface area contributed by atoms with Gasteiger partial charge in [0, 0.05) is 45.7 Å². The zero-order chi connectivity index (χ0) is 21.2. The van der Waals surface area contributed by atoms with E-state index in [2.05, 4.69) is 20.5 Å². The molecule has 0 spiro atoms. The number of hydrazone groups is 1. The number of para-hydroxylation sites is 1. The van der Waals surface area contributed by atoms with E-state index in [1.165, 1.54) is 23.5 Å². The lowest BCUT2D eigenvalue weighted by atomic mass is 10.1. The summed E-state index contributed by atoms with van der Waals surface area (Å²) < 4.78 is 5.88. The van der Waals surface area contributed by atoms with Crippen molar-refractivity contribution in [1.29, 1.82) is 0 Å². The Morgan fingerprint density at radius 2 is 1.90 bits per heavy atom. The summed E-state index contributed by atoms with van der Waals surface area (Å²) in [6, 6.07) is 17.9. The fourth-order valence-corrected chi connectivity index (χ4v) is 3.82. The zero-order valence-corrected chi connectivity index (χ0v) is 16.8. The molecule has 0 saturated carbocycles. The first-order valence-corrected chi connectivity index (χ1v) is 10.2. The number of non-ortho nitro benzene ring substituents is 1. The van der Waals surface area contributed by atoms with Gasteiger partial charge in [-0.15, -0.1) is 11.3 Å². The number of H-pyrrole nitrogens is 1. The van der Waals surface area contributed by atoms with E-state index in [0.717, 1.165) is 22.0 Å². The number of rotatable bonds is 6. The van der Waals surface area contributed by atoms with Crippen molar-refractivity contribution in [3.63, 3.8) is 0 Å². The molecule has 152 valence electrons. The molecule has 0 bridgehead atoms. The summed E-state index contributed by atoms with van der Waals surface area (Å²) in [5.41, 5.74) is 6.48. The first kappa shape index (κ1) is 18.8. The van der Waals surface area contributed by atoms with Gasteiger partial charge in [0.25, 0.3) is 5.69 Å². The van der Waals surface area contributed by atoms with Gasteiger partial charge in [-0.3, -0.25) is 15.5 Å². The number of nitrogens with one attached hydrogen (secondary N) is 2. The molecule has 5 rings (SSSR count). The maximum atomic E-state index is 10.8. The van der Waals surface area contributed by atoms with Gasteiger partial charge in [0.15, 0.2) is 5.76 Å². The third-order valence-electron chi connectivity index (χ3n) is 4.71. The van der Waals surface area contributed by atoms with Crippen LogP contribution in [0.4, 0.5) is 10.8 Å². The van der Waals surface area contributed by atoms with Crippen molar-refractivity contribution in [2.24, 2.45) is 5.10 Å². The number of thiazole rings is 1. The smallest absolute Gasteiger partial charge is 0.269 e. The van der Waals surface area contributed by atoms with Crippen molar-refractivity contribution in [3.8, 4) is 22.8 Å². The van der Waals surface area contributed by atoms with Crippen LogP contribution in [0.2, 0.25) is 0 Å². The molecule has 0 fully saturated rings. The Bertz CT molecular complexity index is 1400. The lowest BCUT2D eigenvalue weighted by Gasteiger charge is -1.97. The lowest BCUT2D eigenvalue weighted by molar-refractivity contribution is -0.384. The molecule has 31 heavy (non-hydrogen) atoms. The van der Waals surface area contributed by atoms with Crippen molar-refractivity contribution in [2.45, 2.75) is 0 Å². The molecule has 3 aromatic heterocycles. The van der Waals surface area contributed by atoms with Crippen LogP contribution in [0.3, 0.4) is 0 Å². The summed E-state index contributed by atoms with van der Waals surface area (Å²) in [5.74, 6) is 1.23. The molecule has 0 saturated heterocycles. The first-order chi connectivity index (χ1) is 15.2. The van der Waals surface area contributed by atoms with Crippen molar-refractivity contribution in [3.05, 3.63) is 87.9 Å². The highest BCUT2D eigenvalue weighted by Gasteiger charge is 2.12. The second kappa shape index (κ2) is 7.88. The van der Waals surface area contributed by atoms with Crippen molar-refractivity contribution in [2.75, 3.05) is 5.43 Å². The minimum absolute atomic E-state index is 0.0407. The van der Waals surface area contributed by atoms with Crippen molar-refractivity contribution in [1.82, 2.24) is 9.97 Å². The number of aromatic nitrogens is 2. The van der Waals surface area contributed by atoms with E-state index in [1.54, 1.807) is 18.3 Å². The molecule has 0 aliphatic heterocycles. The van der Waals surface area contributed by atoms with Crippen LogP contribution in [-0.2, 0) is 0 Å². The second-order valence-corrected chi connectivity index (χ2v) is 7.52. The predicted octanol–water partition coefficient (Wildman–Crippen LogP) is 5.91. The summed E-state index contributed by atoms with van der Waals surface area (Å²) in [5, 5.41) is 18.7. The van der Waals surface area contributed by atoms with E-state index in [-0.39, 0.29) is 5.69 Å². The van der Waals surface area contributed by atoms with Crippen LogP contribution in [0, 0.1) is 10.1 Å². The molecule has 3 heterocycles. The summed E-state index contributed by atoms with van der Waals surface area (Å²) in [6.07, 6.45) is 3.66. The molecule has 2 aromatic carbocycles. The number of anilines is 1. The average molecular weight is 429 g/mol. The fraction of sp³-hybridized carbons (Fsp3) is 0. The number of fused-ring (bicyclic) bond motifs is 1. The zero-order valence-electron chi connectivity index (χ0n) is 16.0. The number of aromatic amines is 1. The van der Waals surface area contributed by atoms with Crippen LogP contribution in [0.5, 0.6) is 0 Å². The second-order valence-electron chi connectivity index (χ2n) is 6.67. The topological polar surface area (TPSA) is 109 Å². The molecule has 9 heteroatoms. The molecule has 8 nitrogen and oxygen atoms in total. The van der Waals surface area contributed by atoms with Crippen LogP contribution in [0.15, 0.2) is 81.8 Å². The van der Waals surface area contributed by atoms with Crippen molar-refractivity contribution >= 4 is 39.3 Å². The molecule has 0 amide bonds. The number of nitro benzene ring substituents is 1. The van der Waals surface area contributed by atoms with E-state index in [4.69, 9.17) is 4.42 Å². The van der Waals surface area contributed by atoms with Gasteiger partial charge >= 0.3 is 0 Å². The Morgan fingerprint density at radius 3 is 2.74 bits per heavy atom. The van der Waals surface area contributed by atoms with Gasteiger partial charge in [-0.05, 0) is 30.3 Å². The predicted molar refractivity (Wildman–Crippen MR) is 121 cm³/mol. The number of nitrogens with zero attached hydrogens (tertiary/aromatic N) is 3. The van der Waals surface area contributed by atoms with Gasteiger partial charge < -0.3 is 9.40 Å². The molecule has 0 unspecified atom stereocenters. The van der Waals surface area contributed by atoms with Crippen LogP contribution in [-0.4, -0.2) is 21.1 Å². The highest BCUT2D eigenvalue weighted by molar-refractivity contribution is 7.14. The monoisotopic (exact) mass is 429 g/mol. The normalized spacial score (nSPS) is 11.4. The lowest BCUT2D eigenvalue weighted by Crippen LogP contribution is -1.89. The molecule has 0 aliphatic carbocycles. The Hall–Kier alpha value is -4.24. The van der Waals surface area contributed by atoms with E-state index >= 15 is 0 Å². The van der Waals surface area contributed by atoms with Gasteiger partial charge in [0.1, 0.15) is 11.5 Å². The summed E-state index contributed by atoms with van der Waals surface area (Å²) in [7, 11) is 0. The molecule has 5 aromatic rings. The Morgan fingerprint density at radius 1 is 1.10 bits per heavy atom. The summed E-state index contributed by atoms with van der Waals surface area (Å²) >= 11 is 1.42. The Labute approximate surface area is 180 Å². The maximum absolute atomic E-state index is 10.8. The molecular weight excluding hydrogens is 414 g/mol. The third-order valence-corrected chi connectivity index (χ3v) is 5.46. The van der Waals surface area contributed by atoms with Gasteiger partial charge in [-0.25, -0.2) is 4.98 Å². The van der Waals surface area contributed by atoms with E-state index in [9.17, 15) is 10.1 Å². The number of furan rings is 1. The summed E-state index contributed by atoms with van der Waals surface area (Å²) in [6.45, 7) is 0. The average Bonchev–Trinajstić information content (AvgIpc) is 3.54. The minimum atomic E-state index is -0.428. The van der Waals surface area contributed by atoms with Gasteiger partial charge in [0.2, 0.25) is 5.13 Å². The SMILES string of the molecule is O=[N+]([O-])c1ccc(-c2ccc(-c3csc(N/N=C\c4c[nH]c5ccccc45)n3)o2)cc1. The van der Waals surface area contributed by atoms with Gasteiger partial charge in [0.05, 0.1) is 11.1 Å². The molecule has 2 N–H and O–H groups in total. The standard InChI is InChI=1S/C22H15N5O3S/c28-27(29)16-7-5-14(6-8-16)20-9-10-21(30-20)19-13-31-22(25-19)26-24-12-15-11-23-18-4-2-1-3-17(15)18/h1-13,23H,(H,25,26)/b24-12-.